The fourth-order valence-electron chi connectivity index (χ4n) is 2.84. The molecule has 0 spiro atoms. The van der Waals surface area contributed by atoms with E-state index in [4.69, 9.17) is 5.26 Å². The van der Waals surface area contributed by atoms with Crippen LogP contribution in [0.3, 0.4) is 0 Å². The summed E-state index contributed by atoms with van der Waals surface area (Å²) in [6, 6.07) is 18.1. The number of carbonyl (C=O) groups excluding carboxylic acids is 1. The number of hydrogen-bond donors (Lipinski definition) is 2. The molecule has 0 bridgehead atoms. The van der Waals surface area contributed by atoms with E-state index in [-0.39, 0.29) is 11.5 Å². The van der Waals surface area contributed by atoms with E-state index in [1.54, 1.807) is 35.9 Å². The predicted octanol–water partition coefficient (Wildman–Crippen LogP) is 3.10. The van der Waals surface area contributed by atoms with Crippen molar-refractivity contribution in [1.82, 2.24) is 19.7 Å². The fraction of sp³-hybridized carbons (Fsp3) is 0.0952. The molecule has 0 aliphatic rings. The highest BCUT2D eigenvalue weighted by Gasteiger charge is 2.18. The third-order valence-corrected chi connectivity index (χ3v) is 5.32. The van der Waals surface area contributed by atoms with Crippen LogP contribution in [0.25, 0.3) is 16.7 Å². The monoisotopic (exact) mass is 416 g/mol. The number of hydrogen-bond acceptors (Lipinski definition) is 6. The van der Waals surface area contributed by atoms with Gasteiger partial charge in [-0.15, -0.1) is 0 Å². The number of benzene rings is 2. The number of carbonyl (C=O) groups is 1. The van der Waals surface area contributed by atoms with Crippen molar-refractivity contribution in [2.45, 2.75) is 17.3 Å². The zero-order valence-corrected chi connectivity index (χ0v) is 16.7. The summed E-state index contributed by atoms with van der Waals surface area (Å²) >= 11 is 1.13. The van der Waals surface area contributed by atoms with Crippen LogP contribution in [0, 0.1) is 11.3 Å². The summed E-state index contributed by atoms with van der Waals surface area (Å²) in [5, 5.41) is 16.2. The Morgan fingerprint density at radius 1 is 1.23 bits per heavy atom. The van der Waals surface area contributed by atoms with E-state index < -0.39 is 5.25 Å². The van der Waals surface area contributed by atoms with Gasteiger partial charge in [0.05, 0.1) is 28.8 Å². The van der Waals surface area contributed by atoms with Crippen LogP contribution in [-0.2, 0) is 4.79 Å². The molecule has 0 saturated heterocycles. The van der Waals surface area contributed by atoms with Gasteiger partial charge in [-0.1, -0.05) is 36.0 Å². The van der Waals surface area contributed by atoms with Crippen LogP contribution in [0.5, 0.6) is 0 Å². The Morgan fingerprint density at radius 2 is 2.03 bits per heavy atom. The lowest BCUT2D eigenvalue weighted by Gasteiger charge is -2.12. The zero-order valence-electron chi connectivity index (χ0n) is 15.9. The largest absolute Gasteiger partial charge is 0.325 e. The summed E-state index contributed by atoms with van der Waals surface area (Å²) < 4.78 is 1.59. The van der Waals surface area contributed by atoms with Crippen LogP contribution in [0.15, 0.2) is 70.7 Å². The quantitative estimate of drug-likeness (QED) is 0.381. The molecule has 8 nitrogen and oxygen atoms in total. The number of thioether (sulfide) groups is 1. The lowest BCUT2D eigenvalue weighted by atomic mass is 10.2. The highest BCUT2D eigenvalue weighted by molar-refractivity contribution is 8.00. The number of H-pyrrole nitrogens is 1. The first kappa shape index (κ1) is 19.4. The molecule has 0 fully saturated rings. The van der Waals surface area contributed by atoms with Gasteiger partial charge in [0.2, 0.25) is 5.91 Å². The molecule has 9 heteroatoms. The Labute approximate surface area is 175 Å². The number of nitrogens with zero attached hydrogens (tertiary/aromatic N) is 4. The van der Waals surface area contributed by atoms with Gasteiger partial charge in [-0.25, -0.2) is 9.67 Å². The SMILES string of the molecule is CC(Sc1nc2c(cnn2-c2ccccc2)c(=O)[nH]1)C(=O)Nc1cccc(C#N)c1. The number of para-hydroxylation sites is 1. The zero-order chi connectivity index (χ0) is 21.1. The Morgan fingerprint density at radius 3 is 2.80 bits per heavy atom. The van der Waals surface area contributed by atoms with E-state index >= 15 is 0 Å². The third kappa shape index (κ3) is 3.94. The van der Waals surface area contributed by atoms with Crippen molar-refractivity contribution in [3.05, 3.63) is 76.7 Å². The van der Waals surface area contributed by atoms with Crippen molar-refractivity contribution in [3.8, 4) is 11.8 Å². The van der Waals surface area contributed by atoms with Gasteiger partial charge in [-0.05, 0) is 37.3 Å². The minimum absolute atomic E-state index is 0.269. The Kier molecular flexibility index (Phi) is 5.32. The fourth-order valence-corrected chi connectivity index (χ4v) is 3.64. The third-order valence-electron chi connectivity index (χ3n) is 4.33. The first-order valence-corrected chi connectivity index (χ1v) is 9.94. The standard InChI is InChI=1S/C21H16N6O2S/c1-13(19(28)24-15-7-5-6-14(10-15)11-22)30-21-25-18-17(20(29)26-21)12-23-27(18)16-8-3-2-4-9-16/h2-10,12-13H,1H3,(H,24,28)(H,25,26,29). The lowest BCUT2D eigenvalue weighted by Crippen LogP contribution is -2.23. The second-order valence-electron chi connectivity index (χ2n) is 6.44. The molecule has 148 valence electrons. The van der Waals surface area contributed by atoms with Gasteiger partial charge in [-0.2, -0.15) is 10.4 Å². The maximum Gasteiger partial charge on any atom is 0.262 e. The number of nitrogens with one attached hydrogen (secondary N) is 2. The molecule has 0 radical (unpaired) electrons. The number of aromatic amines is 1. The minimum atomic E-state index is -0.538. The van der Waals surface area contributed by atoms with Gasteiger partial charge in [0.15, 0.2) is 10.8 Å². The van der Waals surface area contributed by atoms with Crippen LogP contribution in [0.1, 0.15) is 12.5 Å². The average molecular weight is 416 g/mol. The minimum Gasteiger partial charge on any atom is -0.325 e. The molecule has 4 aromatic rings. The second-order valence-corrected chi connectivity index (χ2v) is 7.77. The number of fused-ring (bicyclic) bond motifs is 1. The second kappa shape index (κ2) is 8.23. The van der Waals surface area contributed by atoms with Crippen LogP contribution < -0.4 is 10.9 Å². The summed E-state index contributed by atoms with van der Waals surface area (Å²) in [6.07, 6.45) is 1.47. The maximum atomic E-state index is 12.6. The summed E-state index contributed by atoms with van der Waals surface area (Å²) in [6.45, 7) is 1.72. The summed E-state index contributed by atoms with van der Waals surface area (Å²) in [4.78, 5) is 32.2. The van der Waals surface area contributed by atoms with E-state index in [0.29, 0.717) is 27.4 Å². The smallest absolute Gasteiger partial charge is 0.262 e. The maximum absolute atomic E-state index is 12.6. The molecule has 1 unspecified atom stereocenters. The molecule has 2 aromatic carbocycles. The van der Waals surface area contributed by atoms with Gasteiger partial charge in [0, 0.05) is 5.69 Å². The first-order chi connectivity index (χ1) is 14.5. The summed E-state index contributed by atoms with van der Waals surface area (Å²) in [5.74, 6) is -0.269. The van der Waals surface area contributed by atoms with Crippen molar-refractivity contribution in [2.24, 2.45) is 0 Å². The molecular weight excluding hydrogens is 400 g/mol. The average Bonchev–Trinajstić information content (AvgIpc) is 3.19. The molecule has 1 amide bonds. The van der Waals surface area contributed by atoms with Gasteiger partial charge in [0.1, 0.15) is 5.39 Å². The topological polar surface area (TPSA) is 116 Å². The van der Waals surface area contributed by atoms with Gasteiger partial charge >= 0.3 is 0 Å². The molecule has 4 rings (SSSR count). The lowest BCUT2D eigenvalue weighted by molar-refractivity contribution is -0.115. The molecule has 0 aliphatic heterocycles. The van der Waals surface area contributed by atoms with Crippen LogP contribution in [0.2, 0.25) is 0 Å². The number of rotatable bonds is 5. The molecule has 2 N–H and O–H groups in total. The summed E-state index contributed by atoms with van der Waals surface area (Å²) in [5.41, 5.74) is 1.87. The van der Waals surface area contributed by atoms with E-state index in [1.807, 2.05) is 36.4 Å². The van der Waals surface area contributed by atoms with E-state index in [0.717, 1.165) is 17.4 Å². The summed E-state index contributed by atoms with van der Waals surface area (Å²) in [7, 11) is 0. The van der Waals surface area contributed by atoms with Crippen molar-refractivity contribution in [2.75, 3.05) is 5.32 Å². The van der Waals surface area contributed by atoms with Crippen molar-refractivity contribution in [1.29, 1.82) is 5.26 Å². The number of aromatic nitrogens is 4. The highest BCUT2D eigenvalue weighted by Crippen LogP contribution is 2.22. The Hall–Kier alpha value is -3.90. The highest BCUT2D eigenvalue weighted by atomic mass is 32.2. The number of amides is 1. The van der Waals surface area contributed by atoms with Crippen molar-refractivity contribution < 1.29 is 4.79 Å². The van der Waals surface area contributed by atoms with E-state index in [2.05, 4.69) is 20.4 Å². The number of anilines is 1. The van der Waals surface area contributed by atoms with E-state index in [1.165, 1.54) is 6.20 Å². The Bertz CT molecular complexity index is 1320. The van der Waals surface area contributed by atoms with Gasteiger partial charge in [-0.3, -0.25) is 9.59 Å². The van der Waals surface area contributed by atoms with Crippen LogP contribution in [0.4, 0.5) is 5.69 Å². The van der Waals surface area contributed by atoms with Crippen LogP contribution >= 0.6 is 11.8 Å². The molecular formula is C21H16N6O2S. The number of nitriles is 1. The Balaban J connectivity index is 1.58. The molecule has 1 atom stereocenters. The predicted molar refractivity (Wildman–Crippen MR) is 115 cm³/mol. The van der Waals surface area contributed by atoms with Gasteiger partial charge < -0.3 is 10.3 Å². The van der Waals surface area contributed by atoms with Gasteiger partial charge in [0.25, 0.3) is 5.56 Å². The molecule has 2 heterocycles. The molecule has 0 saturated carbocycles. The molecule has 30 heavy (non-hydrogen) atoms. The van der Waals surface area contributed by atoms with Crippen molar-refractivity contribution in [3.63, 3.8) is 0 Å². The molecule has 2 aromatic heterocycles. The van der Waals surface area contributed by atoms with Crippen LogP contribution in [-0.4, -0.2) is 30.9 Å². The van der Waals surface area contributed by atoms with Crippen molar-refractivity contribution >= 4 is 34.4 Å². The first-order valence-electron chi connectivity index (χ1n) is 9.06. The van der Waals surface area contributed by atoms with E-state index in [9.17, 15) is 9.59 Å². The molecule has 0 aliphatic carbocycles. The normalized spacial score (nSPS) is 11.7.